The highest BCUT2D eigenvalue weighted by Crippen LogP contribution is 2.11. The SMILES string of the molecule is O=C(NCc1ccc2cc[nH]c2n1)Nc1cnc(N2CCNCC2)nc1. The molecule has 0 atom stereocenters. The number of hydrogen-bond acceptors (Lipinski definition) is 6. The highest BCUT2D eigenvalue weighted by atomic mass is 16.2. The molecule has 0 unspecified atom stereocenters. The average Bonchev–Trinajstić information content (AvgIpc) is 3.15. The predicted molar refractivity (Wildman–Crippen MR) is 99.1 cm³/mol. The van der Waals surface area contributed by atoms with Gasteiger partial charge in [0.25, 0.3) is 0 Å². The fourth-order valence-electron chi connectivity index (χ4n) is 2.83. The maximum Gasteiger partial charge on any atom is 0.319 e. The summed E-state index contributed by atoms with van der Waals surface area (Å²) in [6.07, 6.45) is 5.08. The van der Waals surface area contributed by atoms with E-state index in [-0.39, 0.29) is 6.03 Å². The fourth-order valence-corrected chi connectivity index (χ4v) is 2.83. The van der Waals surface area contributed by atoms with Gasteiger partial charge in [-0.05, 0) is 18.2 Å². The molecule has 0 aliphatic carbocycles. The van der Waals surface area contributed by atoms with Crippen molar-refractivity contribution in [2.75, 3.05) is 36.4 Å². The lowest BCUT2D eigenvalue weighted by Gasteiger charge is -2.27. The van der Waals surface area contributed by atoms with Crippen molar-refractivity contribution in [1.82, 2.24) is 30.6 Å². The Hall–Kier alpha value is -3.20. The minimum Gasteiger partial charge on any atom is -0.346 e. The van der Waals surface area contributed by atoms with Crippen LogP contribution in [-0.4, -0.2) is 52.1 Å². The summed E-state index contributed by atoms with van der Waals surface area (Å²) in [5.74, 6) is 0.681. The number of rotatable bonds is 4. The van der Waals surface area contributed by atoms with Gasteiger partial charge >= 0.3 is 6.03 Å². The van der Waals surface area contributed by atoms with Crippen molar-refractivity contribution in [3.8, 4) is 0 Å². The first-order valence-electron chi connectivity index (χ1n) is 8.53. The van der Waals surface area contributed by atoms with Crippen LogP contribution in [0.1, 0.15) is 5.69 Å². The number of aromatic amines is 1. The number of pyridine rings is 1. The standard InChI is InChI=1S/C17H20N8O/c26-17(22-9-13-2-1-12-3-4-19-15(12)23-13)24-14-10-20-16(21-11-14)25-7-5-18-6-8-25/h1-4,10-11,18H,5-9H2,(H,19,23)(H2,22,24,26). The van der Waals surface area contributed by atoms with Gasteiger partial charge in [0.1, 0.15) is 5.65 Å². The van der Waals surface area contributed by atoms with Crippen LogP contribution in [0.3, 0.4) is 0 Å². The van der Waals surface area contributed by atoms with E-state index in [4.69, 9.17) is 0 Å². The minimum absolute atomic E-state index is 0.322. The number of carbonyl (C=O) groups excluding carboxylic acids is 1. The van der Waals surface area contributed by atoms with Crippen LogP contribution in [0.25, 0.3) is 11.0 Å². The summed E-state index contributed by atoms with van der Waals surface area (Å²) in [7, 11) is 0. The van der Waals surface area contributed by atoms with E-state index in [1.54, 1.807) is 12.4 Å². The zero-order chi connectivity index (χ0) is 17.8. The molecule has 4 heterocycles. The van der Waals surface area contributed by atoms with Crippen LogP contribution in [0, 0.1) is 0 Å². The summed E-state index contributed by atoms with van der Waals surface area (Å²) in [5, 5.41) is 9.84. The Balaban J connectivity index is 1.31. The summed E-state index contributed by atoms with van der Waals surface area (Å²) in [6, 6.07) is 5.49. The molecule has 1 saturated heterocycles. The Morgan fingerprint density at radius 1 is 1.15 bits per heavy atom. The molecule has 0 radical (unpaired) electrons. The van der Waals surface area contributed by atoms with Crippen LogP contribution in [-0.2, 0) is 6.54 Å². The van der Waals surface area contributed by atoms with E-state index in [1.807, 2.05) is 24.4 Å². The number of anilines is 2. The third-order valence-corrected chi connectivity index (χ3v) is 4.19. The van der Waals surface area contributed by atoms with Crippen molar-refractivity contribution in [3.63, 3.8) is 0 Å². The number of carbonyl (C=O) groups is 1. The first kappa shape index (κ1) is 16.3. The van der Waals surface area contributed by atoms with Gasteiger partial charge in [-0.25, -0.2) is 19.7 Å². The second-order valence-electron chi connectivity index (χ2n) is 6.03. The zero-order valence-electron chi connectivity index (χ0n) is 14.2. The van der Waals surface area contributed by atoms with E-state index in [1.165, 1.54) is 0 Å². The van der Waals surface area contributed by atoms with Gasteiger partial charge in [0.15, 0.2) is 0 Å². The van der Waals surface area contributed by atoms with Crippen molar-refractivity contribution in [2.45, 2.75) is 6.54 Å². The molecule has 2 amide bonds. The van der Waals surface area contributed by atoms with E-state index in [2.05, 4.69) is 40.8 Å². The molecular formula is C17H20N8O. The Kier molecular flexibility index (Phi) is 4.61. The zero-order valence-corrected chi connectivity index (χ0v) is 14.2. The molecule has 3 aromatic heterocycles. The number of urea groups is 1. The van der Waals surface area contributed by atoms with Gasteiger partial charge in [0.05, 0.1) is 30.3 Å². The van der Waals surface area contributed by atoms with Gasteiger partial charge in [0, 0.05) is 37.8 Å². The summed E-state index contributed by atoms with van der Waals surface area (Å²) in [6.45, 7) is 3.94. The number of nitrogens with one attached hydrogen (secondary N) is 4. The third-order valence-electron chi connectivity index (χ3n) is 4.19. The molecule has 3 aromatic rings. The number of aromatic nitrogens is 4. The molecule has 26 heavy (non-hydrogen) atoms. The van der Waals surface area contributed by atoms with Crippen LogP contribution in [0.4, 0.5) is 16.4 Å². The summed E-state index contributed by atoms with van der Waals surface area (Å²) >= 11 is 0. The number of piperazine rings is 1. The van der Waals surface area contributed by atoms with Crippen molar-refractivity contribution in [3.05, 3.63) is 42.5 Å². The van der Waals surface area contributed by atoms with Crippen LogP contribution in [0.2, 0.25) is 0 Å². The van der Waals surface area contributed by atoms with E-state index >= 15 is 0 Å². The number of fused-ring (bicyclic) bond motifs is 1. The molecule has 0 aromatic carbocycles. The van der Waals surface area contributed by atoms with Gasteiger partial charge in [0.2, 0.25) is 5.95 Å². The molecule has 9 nitrogen and oxygen atoms in total. The molecule has 4 N–H and O–H groups in total. The van der Waals surface area contributed by atoms with E-state index < -0.39 is 0 Å². The molecule has 1 aliphatic heterocycles. The van der Waals surface area contributed by atoms with Gasteiger partial charge in [-0.1, -0.05) is 0 Å². The lowest BCUT2D eigenvalue weighted by atomic mass is 10.3. The fraction of sp³-hybridized carbons (Fsp3) is 0.294. The molecule has 0 bridgehead atoms. The van der Waals surface area contributed by atoms with Crippen molar-refractivity contribution in [2.24, 2.45) is 0 Å². The van der Waals surface area contributed by atoms with Crippen LogP contribution >= 0.6 is 0 Å². The number of amides is 2. The van der Waals surface area contributed by atoms with Crippen LogP contribution < -0.4 is 20.9 Å². The molecule has 9 heteroatoms. The topological polar surface area (TPSA) is 111 Å². The Bertz CT molecular complexity index is 885. The monoisotopic (exact) mass is 352 g/mol. The normalized spacial score (nSPS) is 14.4. The van der Waals surface area contributed by atoms with Crippen molar-refractivity contribution >= 4 is 28.7 Å². The summed E-state index contributed by atoms with van der Waals surface area (Å²) < 4.78 is 0. The van der Waals surface area contributed by atoms with Gasteiger partial charge in [-0.2, -0.15) is 0 Å². The van der Waals surface area contributed by atoms with E-state index in [0.717, 1.165) is 42.9 Å². The smallest absolute Gasteiger partial charge is 0.319 e. The molecule has 0 spiro atoms. The van der Waals surface area contributed by atoms with Crippen molar-refractivity contribution < 1.29 is 4.79 Å². The molecule has 134 valence electrons. The quantitative estimate of drug-likeness (QED) is 0.559. The number of H-pyrrole nitrogens is 1. The average molecular weight is 352 g/mol. The van der Waals surface area contributed by atoms with Gasteiger partial charge < -0.3 is 25.8 Å². The predicted octanol–water partition coefficient (Wildman–Crippen LogP) is 1.08. The highest BCUT2D eigenvalue weighted by molar-refractivity contribution is 5.88. The Morgan fingerprint density at radius 3 is 2.77 bits per heavy atom. The molecule has 0 saturated carbocycles. The minimum atomic E-state index is -0.322. The number of nitrogens with zero attached hydrogens (tertiary/aromatic N) is 4. The second-order valence-corrected chi connectivity index (χ2v) is 6.03. The van der Waals surface area contributed by atoms with E-state index in [9.17, 15) is 4.79 Å². The Labute approximate surface area is 150 Å². The first-order chi connectivity index (χ1) is 12.8. The Morgan fingerprint density at radius 2 is 1.96 bits per heavy atom. The van der Waals surface area contributed by atoms with Crippen LogP contribution in [0.15, 0.2) is 36.8 Å². The lowest BCUT2D eigenvalue weighted by Crippen LogP contribution is -2.44. The third kappa shape index (κ3) is 3.72. The van der Waals surface area contributed by atoms with Crippen LogP contribution in [0.5, 0.6) is 0 Å². The molecule has 4 rings (SSSR count). The van der Waals surface area contributed by atoms with E-state index in [0.29, 0.717) is 18.2 Å². The number of hydrogen-bond donors (Lipinski definition) is 4. The van der Waals surface area contributed by atoms with Gasteiger partial charge in [-0.3, -0.25) is 0 Å². The van der Waals surface area contributed by atoms with Crippen molar-refractivity contribution in [1.29, 1.82) is 0 Å². The largest absolute Gasteiger partial charge is 0.346 e. The summed E-state index contributed by atoms with van der Waals surface area (Å²) in [4.78, 5) is 30.3. The maximum absolute atomic E-state index is 12.1. The lowest BCUT2D eigenvalue weighted by molar-refractivity contribution is 0.251. The highest BCUT2D eigenvalue weighted by Gasteiger charge is 2.13. The first-order valence-corrected chi connectivity index (χ1v) is 8.53. The molecule has 1 aliphatic rings. The summed E-state index contributed by atoms with van der Waals surface area (Å²) in [5.41, 5.74) is 2.14. The van der Waals surface area contributed by atoms with Gasteiger partial charge in [-0.15, -0.1) is 0 Å². The molecular weight excluding hydrogens is 332 g/mol. The second kappa shape index (κ2) is 7.36. The maximum atomic E-state index is 12.1. The molecule has 1 fully saturated rings.